The lowest BCUT2D eigenvalue weighted by Crippen LogP contribution is -2.47. The van der Waals surface area contributed by atoms with Crippen LogP contribution in [0.2, 0.25) is 0 Å². The van der Waals surface area contributed by atoms with Crippen molar-refractivity contribution in [2.45, 2.75) is 26.3 Å². The summed E-state index contributed by atoms with van der Waals surface area (Å²) in [6.07, 6.45) is 3.28. The molecule has 2 atom stereocenters. The lowest BCUT2D eigenvalue weighted by Gasteiger charge is -2.35. The van der Waals surface area contributed by atoms with Crippen molar-refractivity contribution in [3.63, 3.8) is 0 Å². The van der Waals surface area contributed by atoms with Crippen molar-refractivity contribution in [2.75, 3.05) is 24.1 Å². The average Bonchev–Trinajstić information content (AvgIpc) is 2.86. The summed E-state index contributed by atoms with van der Waals surface area (Å²) in [7, 11) is 0. The van der Waals surface area contributed by atoms with Crippen LogP contribution in [0.5, 0.6) is 11.6 Å². The Kier molecular flexibility index (Phi) is 7.63. The van der Waals surface area contributed by atoms with E-state index in [4.69, 9.17) is 15.5 Å². The summed E-state index contributed by atoms with van der Waals surface area (Å²) in [6, 6.07) is 15.2. The smallest absolute Gasteiger partial charge is 0.407 e. The molecule has 9 nitrogen and oxygen atoms in total. The van der Waals surface area contributed by atoms with E-state index in [2.05, 4.69) is 15.3 Å². The molecule has 10 heteroatoms. The van der Waals surface area contributed by atoms with Crippen LogP contribution in [0.15, 0.2) is 60.9 Å². The minimum atomic E-state index is -0.911. The van der Waals surface area contributed by atoms with Crippen LogP contribution in [0.3, 0.4) is 0 Å². The number of aryl methyl sites for hydroxylation is 1. The van der Waals surface area contributed by atoms with Gasteiger partial charge in [0.05, 0.1) is 11.3 Å². The van der Waals surface area contributed by atoms with Crippen molar-refractivity contribution >= 4 is 40.9 Å². The summed E-state index contributed by atoms with van der Waals surface area (Å²) in [4.78, 5) is 26.5. The first kappa shape index (κ1) is 26.0. The molecule has 4 aromatic rings. The molecule has 4 N–H and O–H groups in total. The third-order valence-electron chi connectivity index (χ3n) is 6.41. The number of nitrogens with two attached hydrogens (primary N) is 1. The zero-order valence-corrected chi connectivity index (χ0v) is 21.4. The van der Waals surface area contributed by atoms with Crippen LogP contribution >= 0.6 is 12.4 Å². The lowest BCUT2D eigenvalue weighted by molar-refractivity contribution is 0.119. The number of fused-ring (bicyclic) bond motifs is 1. The molecule has 5 rings (SSSR count). The normalized spacial score (nSPS) is 17.2. The van der Waals surface area contributed by atoms with Crippen molar-refractivity contribution < 1.29 is 14.6 Å². The predicted octanol–water partition coefficient (Wildman–Crippen LogP) is 5.60. The van der Waals surface area contributed by atoms with Gasteiger partial charge < -0.3 is 25.8 Å². The number of nitrogens with zero attached hydrogens (tertiary/aromatic N) is 4. The Morgan fingerprint density at radius 3 is 2.73 bits per heavy atom. The van der Waals surface area contributed by atoms with E-state index in [1.54, 1.807) is 18.5 Å². The molecule has 0 unspecified atom stereocenters. The van der Waals surface area contributed by atoms with Crippen molar-refractivity contribution in [1.29, 1.82) is 0 Å². The molecule has 1 amide bonds. The van der Waals surface area contributed by atoms with Crippen molar-refractivity contribution in [2.24, 2.45) is 5.92 Å². The first-order valence-electron chi connectivity index (χ1n) is 11.9. The van der Waals surface area contributed by atoms with E-state index in [-0.39, 0.29) is 24.4 Å². The van der Waals surface area contributed by atoms with Gasteiger partial charge >= 0.3 is 6.09 Å². The van der Waals surface area contributed by atoms with Crippen LogP contribution in [0.1, 0.15) is 18.9 Å². The van der Waals surface area contributed by atoms with E-state index in [9.17, 15) is 9.90 Å². The molecular formula is C27H29ClN6O3. The predicted molar refractivity (Wildman–Crippen MR) is 146 cm³/mol. The number of carbonyl (C=O) groups is 1. The van der Waals surface area contributed by atoms with Crippen LogP contribution in [-0.2, 0) is 0 Å². The number of halogens is 1. The highest BCUT2D eigenvalue weighted by atomic mass is 35.5. The number of nitrogen functional groups attached to an aromatic ring is 1. The number of anilines is 2. The maximum absolute atomic E-state index is 11.5. The second-order valence-corrected chi connectivity index (χ2v) is 9.25. The summed E-state index contributed by atoms with van der Waals surface area (Å²) in [5, 5.41) is 14.6. The Morgan fingerprint density at radius 1 is 1.08 bits per heavy atom. The number of piperidine rings is 1. The molecule has 1 aliphatic rings. The topological polar surface area (TPSA) is 126 Å². The van der Waals surface area contributed by atoms with Gasteiger partial charge in [-0.05, 0) is 49.1 Å². The largest absolute Gasteiger partial charge is 0.465 e. The summed E-state index contributed by atoms with van der Waals surface area (Å²) < 4.78 is 6.39. The van der Waals surface area contributed by atoms with E-state index >= 15 is 0 Å². The summed E-state index contributed by atoms with van der Waals surface area (Å²) in [5.74, 6) is 1.79. The minimum Gasteiger partial charge on any atom is -0.465 e. The molecule has 0 spiro atoms. The maximum atomic E-state index is 11.5. The number of pyridine rings is 1. The zero-order valence-electron chi connectivity index (χ0n) is 20.6. The van der Waals surface area contributed by atoms with Crippen LogP contribution in [-0.4, -0.2) is 50.2 Å². The van der Waals surface area contributed by atoms with E-state index in [1.165, 1.54) is 4.90 Å². The Labute approximate surface area is 221 Å². The monoisotopic (exact) mass is 520 g/mol. The van der Waals surface area contributed by atoms with Gasteiger partial charge in [-0.3, -0.25) is 0 Å². The van der Waals surface area contributed by atoms with Gasteiger partial charge in [-0.1, -0.05) is 31.2 Å². The Balaban J connectivity index is 0.00000320. The number of aromatic nitrogens is 3. The van der Waals surface area contributed by atoms with Crippen molar-refractivity contribution in [3.8, 4) is 22.9 Å². The van der Waals surface area contributed by atoms with Gasteiger partial charge in [0.25, 0.3) is 0 Å². The highest BCUT2D eigenvalue weighted by molar-refractivity contribution is 5.97. The quantitative estimate of drug-likeness (QED) is 0.290. The fourth-order valence-electron chi connectivity index (χ4n) is 4.74. The first-order valence-corrected chi connectivity index (χ1v) is 11.9. The van der Waals surface area contributed by atoms with Gasteiger partial charge in [-0.25, -0.2) is 19.7 Å². The van der Waals surface area contributed by atoms with Crippen LogP contribution in [0.4, 0.5) is 16.4 Å². The number of likely N-dealkylation sites (tertiary alicyclic amines) is 1. The third-order valence-corrected chi connectivity index (χ3v) is 6.41. The number of rotatable bonds is 5. The molecule has 0 aliphatic carbocycles. The van der Waals surface area contributed by atoms with E-state index in [0.29, 0.717) is 47.6 Å². The molecule has 2 aromatic heterocycles. The number of benzene rings is 2. The molecule has 0 bridgehead atoms. The molecule has 192 valence electrons. The van der Waals surface area contributed by atoms with Crippen molar-refractivity contribution in [3.05, 3.63) is 66.5 Å². The summed E-state index contributed by atoms with van der Waals surface area (Å²) in [6.45, 7) is 4.95. The Bertz CT molecular complexity index is 1430. The van der Waals surface area contributed by atoms with Gasteiger partial charge in [0, 0.05) is 48.0 Å². The van der Waals surface area contributed by atoms with Crippen molar-refractivity contribution in [1.82, 2.24) is 19.9 Å². The van der Waals surface area contributed by atoms with Gasteiger partial charge in [-0.2, -0.15) is 0 Å². The average molecular weight is 521 g/mol. The standard InChI is InChI=1S/C27H28N6O3.ClH/c1-16-13-18(15-33(14-16)27(34)35)31-26-30-12-10-23(32-26)21-6-4-11-29-25(21)36-24-17(2)8-9-19-20(24)5-3-7-22(19)28;/h3-12,16,18H,13-15,28H2,1-2H3,(H,34,35)(H,30,31,32);1H/t16-,18+;/m1./s1. The number of hydrogen-bond acceptors (Lipinski definition) is 7. The SMILES string of the molecule is Cc1ccc2c(N)cccc2c1Oc1ncccc1-c1ccnc(N[C@H]2C[C@@H](C)CN(C(=O)O)C2)n1.Cl. The number of hydrogen-bond donors (Lipinski definition) is 3. The second-order valence-electron chi connectivity index (χ2n) is 9.25. The zero-order chi connectivity index (χ0) is 25.2. The maximum Gasteiger partial charge on any atom is 0.407 e. The minimum absolute atomic E-state index is 0. The van der Waals surface area contributed by atoms with Gasteiger partial charge in [0.1, 0.15) is 5.75 Å². The molecule has 1 fully saturated rings. The van der Waals surface area contributed by atoms with Crippen LogP contribution in [0, 0.1) is 12.8 Å². The first-order chi connectivity index (χ1) is 17.4. The summed E-state index contributed by atoms with van der Waals surface area (Å²) >= 11 is 0. The molecule has 0 saturated carbocycles. The molecular weight excluding hydrogens is 492 g/mol. The van der Waals surface area contributed by atoms with E-state index in [1.807, 2.05) is 56.3 Å². The van der Waals surface area contributed by atoms with Crippen LogP contribution in [0.25, 0.3) is 22.0 Å². The number of nitrogens with one attached hydrogen (secondary N) is 1. The Morgan fingerprint density at radius 2 is 1.92 bits per heavy atom. The number of carboxylic acid groups (broad SMARTS) is 1. The molecule has 1 aliphatic heterocycles. The van der Waals surface area contributed by atoms with Gasteiger partial charge in [0.2, 0.25) is 11.8 Å². The van der Waals surface area contributed by atoms with Gasteiger partial charge in [0.15, 0.2) is 0 Å². The highest BCUT2D eigenvalue weighted by Gasteiger charge is 2.28. The molecule has 37 heavy (non-hydrogen) atoms. The number of ether oxygens (including phenoxy) is 1. The van der Waals surface area contributed by atoms with Crippen LogP contribution < -0.4 is 15.8 Å². The molecule has 0 radical (unpaired) electrons. The summed E-state index contributed by atoms with van der Waals surface area (Å²) in [5.41, 5.74) is 9.19. The molecule has 1 saturated heterocycles. The fraction of sp³-hybridized carbons (Fsp3) is 0.259. The molecule has 3 heterocycles. The van der Waals surface area contributed by atoms with E-state index < -0.39 is 6.09 Å². The molecule has 2 aromatic carbocycles. The third kappa shape index (κ3) is 5.51. The highest BCUT2D eigenvalue weighted by Crippen LogP contribution is 2.38. The fourth-order valence-corrected chi connectivity index (χ4v) is 4.74. The van der Waals surface area contributed by atoms with E-state index in [0.717, 1.165) is 22.8 Å². The second kappa shape index (κ2) is 10.9. The van der Waals surface area contributed by atoms with Gasteiger partial charge in [-0.15, -0.1) is 12.4 Å². The Hall–Kier alpha value is -4.11. The number of amides is 1. The lowest BCUT2D eigenvalue weighted by atomic mass is 9.96.